The minimum atomic E-state index is -0.103. The van der Waals surface area contributed by atoms with Crippen molar-refractivity contribution in [2.24, 2.45) is 0 Å². The average Bonchev–Trinajstić information content (AvgIpc) is 2.24. The second-order valence-electron chi connectivity index (χ2n) is 2.96. The van der Waals surface area contributed by atoms with Crippen LogP contribution in [-0.2, 0) is 4.79 Å². The molecule has 1 amide bonds. The molecule has 1 rings (SSSR count). The summed E-state index contributed by atoms with van der Waals surface area (Å²) in [6.07, 6.45) is 0.256. The number of nitrogens with two attached hydrogens (primary N) is 1. The van der Waals surface area contributed by atoms with Gasteiger partial charge in [-0.3, -0.25) is 4.79 Å². The third-order valence-corrected chi connectivity index (χ3v) is 1.91. The number of anilines is 1. The lowest BCUT2D eigenvalue weighted by Crippen LogP contribution is -2.20. The highest BCUT2D eigenvalue weighted by molar-refractivity contribution is 5.75. The van der Waals surface area contributed by atoms with Crippen molar-refractivity contribution >= 4 is 11.6 Å². The van der Waals surface area contributed by atoms with Gasteiger partial charge in [0.25, 0.3) is 0 Å². The monoisotopic (exact) mass is 210 g/mol. The van der Waals surface area contributed by atoms with Gasteiger partial charge in [0.15, 0.2) is 0 Å². The predicted octanol–water partition coefficient (Wildman–Crippen LogP) is 0.489. The van der Waals surface area contributed by atoms with Crippen molar-refractivity contribution < 1.29 is 14.6 Å². The summed E-state index contributed by atoms with van der Waals surface area (Å²) < 4.78 is 5.24. The van der Waals surface area contributed by atoms with Crippen molar-refractivity contribution in [3.63, 3.8) is 0 Å². The van der Waals surface area contributed by atoms with Crippen LogP contribution in [0.5, 0.6) is 11.5 Å². The number of aromatic hydroxyl groups is 1. The second-order valence-corrected chi connectivity index (χ2v) is 2.96. The number of carbonyl (C=O) groups is 1. The highest BCUT2D eigenvalue weighted by Gasteiger charge is 2.05. The van der Waals surface area contributed by atoms with Crippen LogP contribution in [0, 0.1) is 0 Å². The minimum Gasteiger partial charge on any atom is -0.506 e. The first kappa shape index (κ1) is 11.2. The molecule has 0 saturated heterocycles. The smallest absolute Gasteiger partial charge is 0.223 e. The van der Waals surface area contributed by atoms with Crippen LogP contribution in [0.1, 0.15) is 6.42 Å². The number of benzene rings is 1. The Morgan fingerprint density at radius 1 is 1.60 bits per heavy atom. The van der Waals surface area contributed by atoms with Gasteiger partial charge < -0.3 is 20.9 Å². The van der Waals surface area contributed by atoms with Crippen molar-refractivity contribution in [1.82, 2.24) is 5.32 Å². The van der Waals surface area contributed by atoms with Crippen LogP contribution >= 0.6 is 0 Å². The van der Waals surface area contributed by atoms with Gasteiger partial charge in [0.05, 0.1) is 13.0 Å². The molecule has 0 unspecified atom stereocenters. The number of rotatable bonds is 4. The van der Waals surface area contributed by atoms with Crippen molar-refractivity contribution in [3.05, 3.63) is 18.2 Å². The highest BCUT2D eigenvalue weighted by atomic mass is 16.5. The number of nitrogens with one attached hydrogen (secondary N) is 1. The van der Waals surface area contributed by atoms with E-state index in [1.54, 1.807) is 19.2 Å². The molecule has 0 heterocycles. The largest absolute Gasteiger partial charge is 0.506 e. The van der Waals surface area contributed by atoms with Crippen LogP contribution in [0.25, 0.3) is 0 Å². The molecular formula is C10H14N2O3. The zero-order valence-electron chi connectivity index (χ0n) is 8.49. The van der Waals surface area contributed by atoms with E-state index in [0.717, 1.165) is 0 Å². The Morgan fingerprint density at radius 2 is 2.33 bits per heavy atom. The van der Waals surface area contributed by atoms with Gasteiger partial charge in [-0.1, -0.05) is 6.07 Å². The molecule has 82 valence electrons. The van der Waals surface area contributed by atoms with Gasteiger partial charge in [0, 0.05) is 7.05 Å². The molecule has 1 aromatic rings. The first-order valence-corrected chi connectivity index (χ1v) is 4.56. The number of para-hydroxylation sites is 1. The SMILES string of the molecule is CNC(=O)CCOc1cccc(O)c1N. The summed E-state index contributed by atoms with van der Waals surface area (Å²) in [4.78, 5) is 10.9. The quantitative estimate of drug-likeness (QED) is 0.498. The number of nitrogen functional groups attached to an aromatic ring is 1. The zero-order valence-corrected chi connectivity index (χ0v) is 8.49. The van der Waals surface area contributed by atoms with E-state index < -0.39 is 0 Å². The van der Waals surface area contributed by atoms with E-state index in [1.165, 1.54) is 6.07 Å². The molecule has 0 aromatic heterocycles. The van der Waals surface area contributed by atoms with Gasteiger partial charge in [-0.05, 0) is 12.1 Å². The molecule has 0 fully saturated rings. The van der Waals surface area contributed by atoms with Crippen molar-refractivity contribution in [2.45, 2.75) is 6.42 Å². The van der Waals surface area contributed by atoms with Crippen LogP contribution in [0.2, 0.25) is 0 Å². The van der Waals surface area contributed by atoms with E-state index in [1.807, 2.05) is 0 Å². The van der Waals surface area contributed by atoms with Gasteiger partial charge in [0.1, 0.15) is 17.2 Å². The summed E-state index contributed by atoms with van der Waals surface area (Å²) in [5.74, 6) is 0.264. The number of ether oxygens (including phenoxy) is 1. The predicted molar refractivity (Wildman–Crippen MR) is 56.7 cm³/mol. The Hall–Kier alpha value is -1.91. The molecule has 4 N–H and O–H groups in total. The number of hydrogen-bond donors (Lipinski definition) is 3. The third-order valence-electron chi connectivity index (χ3n) is 1.91. The topological polar surface area (TPSA) is 84.6 Å². The first-order valence-electron chi connectivity index (χ1n) is 4.56. The third kappa shape index (κ3) is 3.05. The number of phenols is 1. The highest BCUT2D eigenvalue weighted by Crippen LogP contribution is 2.29. The Balaban J connectivity index is 2.51. The Kier molecular flexibility index (Phi) is 3.79. The average molecular weight is 210 g/mol. The summed E-state index contributed by atoms with van der Waals surface area (Å²) >= 11 is 0. The molecule has 0 spiro atoms. The standard InChI is InChI=1S/C10H14N2O3/c1-12-9(14)5-6-15-8-4-2-3-7(13)10(8)11/h2-4,13H,5-6,11H2,1H3,(H,12,14). The zero-order chi connectivity index (χ0) is 11.3. The van der Waals surface area contributed by atoms with Crippen molar-refractivity contribution in [3.8, 4) is 11.5 Å². The van der Waals surface area contributed by atoms with Crippen LogP contribution in [-0.4, -0.2) is 24.7 Å². The fourth-order valence-electron chi connectivity index (χ4n) is 1.04. The molecule has 0 radical (unpaired) electrons. The summed E-state index contributed by atoms with van der Waals surface area (Å²) in [5.41, 5.74) is 5.75. The number of hydrogen-bond acceptors (Lipinski definition) is 4. The lowest BCUT2D eigenvalue weighted by atomic mass is 10.3. The van der Waals surface area contributed by atoms with Crippen molar-refractivity contribution in [2.75, 3.05) is 19.4 Å². The summed E-state index contributed by atoms with van der Waals surface area (Å²) in [5, 5.41) is 11.7. The number of phenolic OH excluding ortho intramolecular Hbond substituents is 1. The molecule has 0 bridgehead atoms. The molecule has 0 saturated carbocycles. The van der Waals surface area contributed by atoms with Gasteiger partial charge in [0.2, 0.25) is 5.91 Å². The van der Waals surface area contributed by atoms with Crippen LogP contribution < -0.4 is 15.8 Å². The maximum atomic E-state index is 10.9. The van der Waals surface area contributed by atoms with E-state index in [9.17, 15) is 9.90 Å². The molecular weight excluding hydrogens is 196 g/mol. The van der Waals surface area contributed by atoms with E-state index in [0.29, 0.717) is 5.75 Å². The molecule has 0 aliphatic rings. The van der Waals surface area contributed by atoms with E-state index in [-0.39, 0.29) is 30.4 Å². The lowest BCUT2D eigenvalue weighted by Gasteiger charge is -2.08. The molecule has 0 aliphatic carbocycles. The van der Waals surface area contributed by atoms with Gasteiger partial charge in [-0.15, -0.1) is 0 Å². The molecule has 0 aliphatic heterocycles. The fourth-order valence-corrected chi connectivity index (χ4v) is 1.04. The summed E-state index contributed by atoms with van der Waals surface area (Å²) in [6.45, 7) is 0.229. The first-order chi connectivity index (χ1) is 7.15. The fraction of sp³-hybridized carbons (Fsp3) is 0.300. The normalized spacial score (nSPS) is 9.67. The lowest BCUT2D eigenvalue weighted by molar-refractivity contribution is -0.121. The summed E-state index contributed by atoms with van der Waals surface area (Å²) in [6, 6.07) is 4.74. The molecule has 0 atom stereocenters. The Morgan fingerprint density at radius 3 is 3.00 bits per heavy atom. The number of amides is 1. The van der Waals surface area contributed by atoms with Crippen molar-refractivity contribution in [1.29, 1.82) is 0 Å². The van der Waals surface area contributed by atoms with Gasteiger partial charge in [-0.2, -0.15) is 0 Å². The van der Waals surface area contributed by atoms with E-state index >= 15 is 0 Å². The molecule has 5 nitrogen and oxygen atoms in total. The van der Waals surface area contributed by atoms with E-state index in [4.69, 9.17) is 10.5 Å². The second kappa shape index (κ2) is 5.09. The van der Waals surface area contributed by atoms with Gasteiger partial charge in [-0.25, -0.2) is 0 Å². The Bertz CT molecular complexity index is 353. The summed E-state index contributed by atoms with van der Waals surface area (Å²) in [7, 11) is 1.56. The molecule has 1 aromatic carbocycles. The minimum absolute atomic E-state index is 0.0209. The van der Waals surface area contributed by atoms with Crippen LogP contribution in [0.15, 0.2) is 18.2 Å². The number of carbonyl (C=O) groups excluding carboxylic acids is 1. The van der Waals surface area contributed by atoms with Crippen LogP contribution in [0.3, 0.4) is 0 Å². The van der Waals surface area contributed by atoms with E-state index in [2.05, 4.69) is 5.32 Å². The maximum Gasteiger partial charge on any atom is 0.223 e. The molecule has 5 heteroatoms. The maximum absolute atomic E-state index is 10.9. The Labute approximate surface area is 87.9 Å². The van der Waals surface area contributed by atoms with Crippen LogP contribution in [0.4, 0.5) is 5.69 Å². The van der Waals surface area contributed by atoms with Gasteiger partial charge >= 0.3 is 0 Å². The molecule has 15 heavy (non-hydrogen) atoms.